The van der Waals surface area contributed by atoms with Crippen LogP contribution in [0.2, 0.25) is 0 Å². The molecule has 0 radical (unpaired) electrons. The van der Waals surface area contributed by atoms with Gasteiger partial charge >= 0.3 is 0 Å². The fourth-order valence-electron chi connectivity index (χ4n) is 2.48. The molecule has 0 unspecified atom stereocenters. The van der Waals surface area contributed by atoms with Gasteiger partial charge in [-0.25, -0.2) is 8.42 Å². The number of rotatable bonds is 6. The zero-order chi connectivity index (χ0) is 20.2. The highest BCUT2D eigenvalue weighted by Crippen LogP contribution is 2.20. The number of nitrogens with zero attached hydrogens (tertiary/aromatic N) is 1. The summed E-state index contributed by atoms with van der Waals surface area (Å²) in [4.78, 5) is 23.4. The largest absolute Gasteiger partial charge is 0.326 e. The first-order valence-electron chi connectivity index (χ1n) is 8.30. The molecule has 2 amide bonds. The molecule has 0 fully saturated rings. The van der Waals surface area contributed by atoms with E-state index in [0.29, 0.717) is 16.9 Å². The van der Waals surface area contributed by atoms with Crippen molar-refractivity contribution in [3.63, 3.8) is 0 Å². The molecule has 2 aromatic carbocycles. The Balaban J connectivity index is 2.06. The van der Waals surface area contributed by atoms with Crippen molar-refractivity contribution in [1.29, 1.82) is 0 Å². The molecular formula is C19H23N3O4S. The first kappa shape index (κ1) is 20.6. The Morgan fingerprint density at radius 3 is 2.07 bits per heavy atom. The molecule has 27 heavy (non-hydrogen) atoms. The van der Waals surface area contributed by atoms with E-state index in [-0.39, 0.29) is 17.3 Å². The maximum atomic E-state index is 12.7. The number of sulfonamides is 1. The standard InChI is InChI=1S/C19H23N3O4S/c1-13-5-6-14(2)18(11-13)27(25,26)22(4)12-19(24)21-17-9-7-16(8-10-17)20-15(3)23/h5-11H,12H2,1-4H3,(H,20,23)(H,21,24). The molecule has 2 N–H and O–H groups in total. The van der Waals surface area contributed by atoms with Gasteiger partial charge in [-0.15, -0.1) is 0 Å². The number of carbonyl (C=O) groups is 2. The number of amides is 2. The summed E-state index contributed by atoms with van der Waals surface area (Å²) < 4.78 is 26.5. The van der Waals surface area contributed by atoms with Crippen LogP contribution in [0.25, 0.3) is 0 Å². The molecule has 7 nitrogen and oxygen atoms in total. The molecule has 0 aromatic heterocycles. The third-order valence-corrected chi connectivity index (χ3v) is 5.83. The van der Waals surface area contributed by atoms with Crippen molar-refractivity contribution >= 4 is 33.2 Å². The molecule has 0 aliphatic carbocycles. The van der Waals surface area contributed by atoms with Gasteiger partial charge in [0.2, 0.25) is 21.8 Å². The van der Waals surface area contributed by atoms with Gasteiger partial charge in [-0.2, -0.15) is 4.31 Å². The Labute approximate surface area is 159 Å². The summed E-state index contributed by atoms with van der Waals surface area (Å²) in [6.07, 6.45) is 0. The summed E-state index contributed by atoms with van der Waals surface area (Å²) in [6.45, 7) is 4.62. The molecule has 0 bridgehead atoms. The highest BCUT2D eigenvalue weighted by molar-refractivity contribution is 7.89. The van der Waals surface area contributed by atoms with Gasteiger partial charge in [0.15, 0.2) is 0 Å². The second-order valence-corrected chi connectivity index (χ2v) is 8.35. The lowest BCUT2D eigenvalue weighted by Crippen LogP contribution is -2.35. The molecule has 0 aliphatic rings. The summed E-state index contributed by atoms with van der Waals surface area (Å²) in [7, 11) is -2.40. The lowest BCUT2D eigenvalue weighted by Gasteiger charge is -2.18. The topological polar surface area (TPSA) is 95.6 Å². The number of carbonyl (C=O) groups excluding carboxylic acids is 2. The number of hydrogen-bond acceptors (Lipinski definition) is 4. The van der Waals surface area contributed by atoms with Crippen LogP contribution in [0.4, 0.5) is 11.4 Å². The second-order valence-electron chi connectivity index (χ2n) is 6.34. The van der Waals surface area contributed by atoms with Gasteiger partial charge < -0.3 is 10.6 Å². The molecule has 8 heteroatoms. The number of hydrogen-bond donors (Lipinski definition) is 2. The minimum Gasteiger partial charge on any atom is -0.326 e. The molecule has 0 spiro atoms. The lowest BCUT2D eigenvalue weighted by molar-refractivity contribution is -0.116. The van der Waals surface area contributed by atoms with Crippen LogP contribution in [0.5, 0.6) is 0 Å². The van der Waals surface area contributed by atoms with E-state index in [9.17, 15) is 18.0 Å². The predicted molar refractivity (Wildman–Crippen MR) is 105 cm³/mol. The van der Waals surface area contributed by atoms with Crippen LogP contribution in [-0.4, -0.2) is 38.1 Å². The Hall–Kier alpha value is -2.71. The summed E-state index contributed by atoms with van der Waals surface area (Å²) in [6, 6.07) is 11.7. The van der Waals surface area contributed by atoms with Gasteiger partial charge in [0, 0.05) is 25.3 Å². The van der Waals surface area contributed by atoms with Crippen molar-refractivity contribution < 1.29 is 18.0 Å². The van der Waals surface area contributed by atoms with E-state index < -0.39 is 15.9 Å². The first-order chi connectivity index (χ1) is 12.6. The molecule has 2 aromatic rings. The van der Waals surface area contributed by atoms with E-state index in [4.69, 9.17) is 0 Å². The van der Waals surface area contributed by atoms with Crippen LogP contribution in [0.1, 0.15) is 18.1 Å². The molecule has 0 saturated carbocycles. The minimum absolute atomic E-state index is 0.190. The summed E-state index contributed by atoms with van der Waals surface area (Å²) in [5, 5.41) is 5.27. The van der Waals surface area contributed by atoms with Crippen LogP contribution >= 0.6 is 0 Å². The highest BCUT2D eigenvalue weighted by Gasteiger charge is 2.24. The zero-order valence-corrected chi connectivity index (χ0v) is 16.6. The average Bonchev–Trinajstić information content (AvgIpc) is 2.58. The van der Waals surface area contributed by atoms with E-state index in [1.54, 1.807) is 43.3 Å². The summed E-state index contributed by atoms with van der Waals surface area (Å²) in [5.41, 5.74) is 2.57. The molecular weight excluding hydrogens is 366 g/mol. The maximum Gasteiger partial charge on any atom is 0.243 e. The van der Waals surface area contributed by atoms with Crippen LogP contribution in [0.15, 0.2) is 47.4 Å². The fourth-order valence-corrected chi connectivity index (χ4v) is 3.91. The predicted octanol–water partition coefficient (Wildman–Crippen LogP) is 2.52. The molecule has 0 aliphatic heterocycles. The van der Waals surface area contributed by atoms with Crippen LogP contribution in [0.3, 0.4) is 0 Å². The SMILES string of the molecule is CC(=O)Nc1ccc(NC(=O)CN(C)S(=O)(=O)c2cc(C)ccc2C)cc1. The van der Waals surface area contributed by atoms with Crippen molar-refractivity contribution in [2.24, 2.45) is 0 Å². The smallest absolute Gasteiger partial charge is 0.243 e. The summed E-state index contributed by atoms with van der Waals surface area (Å²) >= 11 is 0. The Morgan fingerprint density at radius 1 is 0.963 bits per heavy atom. The van der Waals surface area contributed by atoms with Crippen molar-refractivity contribution in [2.75, 3.05) is 24.2 Å². The molecule has 144 valence electrons. The molecule has 0 heterocycles. The van der Waals surface area contributed by atoms with Crippen LogP contribution in [0, 0.1) is 13.8 Å². The van der Waals surface area contributed by atoms with Gasteiger partial charge in [0.25, 0.3) is 0 Å². The highest BCUT2D eigenvalue weighted by atomic mass is 32.2. The average molecular weight is 389 g/mol. The zero-order valence-electron chi connectivity index (χ0n) is 15.7. The number of benzene rings is 2. The number of anilines is 2. The normalized spacial score (nSPS) is 11.3. The van der Waals surface area contributed by atoms with Crippen LogP contribution in [-0.2, 0) is 19.6 Å². The number of likely N-dealkylation sites (N-methyl/N-ethyl adjacent to an activating group) is 1. The Bertz CT molecular complexity index is 953. The Kier molecular flexibility index (Phi) is 6.35. The quantitative estimate of drug-likeness (QED) is 0.794. The van der Waals surface area contributed by atoms with Gasteiger partial charge in [-0.05, 0) is 55.3 Å². The van der Waals surface area contributed by atoms with Crippen LogP contribution < -0.4 is 10.6 Å². The second kappa shape index (κ2) is 8.32. The van der Waals surface area contributed by atoms with Crippen molar-refractivity contribution in [3.05, 3.63) is 53.6 Å². The number of nitrogens with one attached hydrogen (secondary N) is 2. The number of aryl methyl sites for hydroxylation is 2. The van der Waals surface area contributed by atoms with Crippen molar-refractivity contribution in [2.45, 2.75) is 25.7 Å². The molecule has 0 atom stereocenters. The van der Waals surface area contributed by atoms with E-state index >= 15 is 0 Å². The van der Waals surface area contributed by atoms with Gasteiger partial charge in [-0.1, -0.05) is 12.1 Å². The van der Waals surface area contributed by atoms with E-state index in [2.05, 4.69) is 10.6 Å². The summed E-state index contributed by atoms with van der Waals surface area (Å²) in [5.74, 6) is -0.649. The van der Waals surface area contributed by atoms with Gasteiger partial charge in [0.1, 0.15) is 0 Å². The first-order valence-corrected chi connectivity index (χ1v) is 9.74. The lowest BCUT2D eigenvalue weighted by atomic mass is 10.2. The molecule has 2 rings (SSSR count). The van der Waals surface area contributed by atoms with E-state index in [1.807, 2.05) is 13.0 Å². The third-order valence-electron chi connectivity index (χ3n) is 3.89. The van der Waals surface area contributed by atoms with Gasteiger partial charge in [-0.3, -0.25) is 9.59 Å². The van der Waals surface area contributed by atoms with Crippen molar-refractivity contribution in [1.82, 2.24) is 4.31 Å². The van der Waals surface area contributed by atoms with E-state index in [1.165, 1.54) is 14.0 Å². The van der Waals surface area contributed by atoms with Crippen molar-refractivity contribution in [3.8, 4) is 0 Å². The minimum atomic E-state index is -3.77. The fraction of sp³-hybridized carbons (Fsp3) is 0.263. The Morgan fingerprint density at radius 2 is 1.52 bits per heavy atom. The van der Waals surface area contributed by atoms with E-state index in [0.717, 1.165) is 9.87 Å². The monoisotopic (exact) mass is 389 g/mol. The maximum absolute atomic E-state index is 12.7. The molecule has 0 saturated heterocycles. The van der Waals surface area contributed by atoms with Gasteiger partial charge in [0.05, 0.1) is 11.4 Å². The third kappa shape index (κ3) is 5.38.